The van der Waals surface area contributed by atoms with Gasteiger partial charge in [-0.3, -0.25) is 9.59 Å². The fourth-order valence-electron chi connectivity index (χ4n) is 2.75. The van der Waals surface area contributed by atoms with Gasteiger partial charge in [0.05, 0.1) is 26.9 Å². The summed E-state index contributed by atoms with van der Waals surface area (Å²) in [6.45, 7) is 1.35. The summed E-state index contributed by atoms with van der Waals surface area (Å²) >= 11 is 1.42. The standard InChI is InChI=1S/C20H19N3O5S/c1-11(24)23-19-14(7-13(10-22-19)20-21-5-6-29-20)17(25)12-8-15(26-2)18(28-4)16(9-12)27-3/h5-10H,1-4H3,(H,22,23,24). The lowest BCUT2D eigenvalue weighted by atomic mass is 10.0. The summed E-state index contributed by atoms with van der Waals surface area (Å²) in [4.78, 5) is 33.5. The van der Waals surface area contributed by atoms with E-state index in [4.69, 9.17) is 14.2 Å². The number of methoxy groups -OCH3 is 3. The molecule has 2 heterocycles. The topological polar surface area (TPSA) is 99.6 Å². The molecular weight excluding hydrogens is 394 g/mol. The molecule has 0 unspecified atom stereocenters. The van der Waals surface area contributed by atoms with Gasteiger partial charge >= 0.3 is 0 Å². The molecule has 2 aromatic heterocycles. The Morgan fingerprint density at radius 2 is 1.69 bits per heavy atom. The molecule has 3 rings (SSSR count). The molecule has 0 saturated heterocycles. The van der Waals surface area contributed by atoms with Crippen molar-refractivity contribution in [3.8, 4) is 27.8 Å². The van der Waals surface area contributed by atoms with Crippen molar-refractivity contribution in [3.05, 3.63) is 47.1 Å². The fourth-order valence-corrected chi connectivity index (χ4v) is 3.37. The van der Waals surface area contributed by atoms with Crippen molar-refractivity contribution in [2.45, 2.75) is 6.92 Å². The molecule has 0 fully saturated rings. The van der Waals surface area contributed by atoms with Gasteiger partial charge in [-0.05, 0) is 18.2 Å². The molecule has 1 N–H and O–H groups in total. The third-order valence-corrected chi connectivity index (χ3v) is 4.86. The largest absolute Gasteiger partial charge is 0.493 e. The van der Waals surface area contributed by atoms with Crippen LogP contribution in [0.15, 0.2) is 36.0 Å². The molecule has 0 aliphatic rings. The molecule has 3 aromatic rings. The summed E-state index contributed by atoms with van der Waals surface area (Å²) in [5.41, 5.74) is 1.19. The molecule has 8 nitrogen and oxygen atoms in total. The number of anilines is 1. The third kappa shape index (κ3) is 4.19. The Morgan fingerprint density at radius 1 is 1.00 bits per heavy atom. The van der Waals surface area contributed by atoms with E-state index in [2.05, 4.69) is 15.3 Å². The Bertz CT molecular complexity index is 1030. The van der Waals surface area contributed by atoms with Crippen LogP contribution in [0.25, 0.3) is 10.6 Å². The van der Waals surface area contributed by atoms with Gasteiger partial charge in [0, 0.05) is 35.8 Å². The quantitative estimate of drug-likeness (QED) is 0.593. The van der Waals surface area contributed by atoms with E-state index in [1.54, 1.807) is 30.6 Å². The Labute approximate surface area is 171 Å². The first-order valence-electron chi connectivity index (χ1n) is 8.50. The van der Waals surface area contributed by atoms with Crippen molar-refractivity contribution >= 4 is 28.8 Å². The van der Waals surface area contributed by atoms with Gasteiger partial charge in [0.15, 0.2) is 17.3 Å². The molecular formula is C20H19N3O5S. The normalized spacial score (nSPS) is 10.3. The number of ether oxygens (including phenoxy) is 3. The number of nitrogens with one attached hydrogen (secondary N) is 1. The number of carbonyl (C=O) groups is 2. The van der Waals surface area contributed by atoms with Gasteiger partial charge in [-0.15, -0.1) is 11.3 Å². The van der Waals surface area contributed by atoms with Crippen LogP contribution in [0, 0.1) is 0 Å². The molecule has 1 amide bonds. The summed E-state index contributed by atoms with van der Waals surface area (Å²) in [6.07, 6.45) is 3.23. The first kappa shape index (κ1) is 20.3. The average molecular weight is 413 g/mol. The highest BCUT2D eigenvalue weighted by molar-refractivity contribution is 7.13. The minimum atomic E-state index is -0.362. The molecule has 0 atom stereocenters. The second kappa shape index (κ2) is 8.70. The SMILES string of the molecule is COc1cc(C(=O)c2cc(-c3nccs3)cnc2NC(C)=O)cc(OC)c1OC. The summed E-state index contributed by atoms with van der Waals surface area (Å²) < 4.78 is 16.0. The van der Waals surface area contributed by atoms with Crippen LogP contribution in [-0.4, -0.2) is 43.0 Å². The maximum Gasteiger partial charge on any atom is 0.222 e. The van der Waals surface area contributed by atoms with Gasteiger partial charge in [0.25, 0.3) is 0 Å². The van der Waals surface area contributed by atoms with E-state index in [1.807, 2.05) is 5.38 Å². The van der Waals surface area contributed by atoms with Crippen molar-refractivity contribution in [2.24, 2.45) is 0 Å². The van der Waals surface area contributed by atoms with Crippen LogP contribution in [0.1, 0.15) is 22.8 Å². The second-order valence-corrected chi connectivity index (χ2v) is 6.78. The second-order valence-electron chi connectivity index (χ2n) is 5.88. The lowest BCUT2D eigenvalue weighted by Gasteiger charge is -2.15. The number of aromatic nitrogens is 2. The molecule has 0 bridgehead atoms. The highest BCUT2D eigenvalue weighted by atomic mass is 32.1. The summed E-state index contributed by atoms with van der Waals surface area (Å²) in [7, 11) is 4.43. The molecule has 0 aliphatic heterocycles. The van der Waals surface area contributed by atoms with Crippen molar-refractivity contribution in [3.63, 3.8) is 0 Å². The van der Waals surface area contributed by atoms with E-state index in [-0.39, 0.29) is 23.1 Å². The molecule has 150 valence electrons. The summed E-state index contributed by atoms with van der Waals surface area (Å²) in [5, 5.41) is 5.15. The molecule has 9 heteroatoms. The Hall–Kier alpha value is -3.46. The van der Waals surface area contributed by atoms with E-state index in [0.717, 1.165) is 0 Å². The number of ketones is 1. The van der Waals surface area contributed by atoms with Gasteiger partial charge in [-0.2, -0.15) is 0 Å². The van der Waals surface area contributed by atoms with E-state index < -0.39 is 0 Å². The minimum absolute atomic E-state index is 0.163. The van der Waals surface area contributed by atoms with Crippen molar-refractivity contribution in [2.75, 3.05) is 26.6 Å². The maximum absolute atomic E-state index is 13.3. The number of pyridine rings is 1. The van der Waals surface area contributed by atoms with Gasteiger partial charge in [-0.25, -0.2) is 9.97 Å². The zero-order valence-corrected chi connectivity index (χ0v) is 17.1. The van der Waals surface area contributed by atoms with Gasteiger partial charge < -0.3 is 19.5 Å². The number of nitrogens with zero attached hydrogens (tertiary/aromatic N) is 2. The van der Waals surface area contributed by atoms with Crippen molar-refractivity contribution in [1.82, 2.24) is 9.97 Å². The number of rotatable bonds is 7. The number of carbonyl (C=O) groups excluding carboxylic acids is 2. The highest BCUT2D eigenvalue weighted by Crippen LogP contribution is 2.39. The Balaban J connectivity index is 2.14. The number of amides is 1. The molecule has 1 aromatic carbocycles. The van der Waals surface area contributed by atoms with E-state index in [1.165, 1.54) is 39.6 Å². The molecule has 29 heavy (non-hydrogen) atoms. The predicted octanol–water partition coefficient (Wildman–Crippen LogP) is 3.42. The summed E-state index contributed by atoms with van der Waals surface area (Å²) in [6, 6.07) is 4.76. The summed E-state index contributed by atoms with van der Waals surface area (Å²) in [5.74, 6) is 0.540. The van der Waals surface area contributed by atoms with E-state index in [9.17, 15) is 9.59 Å². The van der Waals surface area contributed by atoms with Crippen LogP contribution in [0.4, 0.5) is 5.82 Å². The highest BCUT2D eigenvalue weighted by Gasteiger charge is 2.22. The number of hydrogen-bond acceptors (Lipinski definition) is 8. The van der Waals surface area contributed by atoms with Crippen LogP contribution < -0.4 is 19.5 Å². The van der Waals surface area contributed by atoms with E-state index >= 15 is 0 Å². The molecule has 0 saturated carbocycles. The molecule has 0 aliphatic carbocycles. The fraction of sp³-hybridized carbons (Fsp3) is 0.200. The maximum atomic E-state index is 13.3. The van der Waals surface area contributed by atoms with Crippen LogP contribution in [0.5, 0.6) is 17.2 Å². The predicted molar refractivity (Wildman–Crippen MR) is 109 cm³/mol. The lowest BCUT2D eigenvalue weighted by Crippen LogP contribution is -2.14. The number of benzene rings is 1. The first-order chi connectivity index (χ1) is 14.0. The number of thiazole rings is 1. The van der Waals surface area contributed by atoms with Crippen LogP contribution in [0.2, 0.25) is 0 Å². The number of hydrogen-bond donors (Lipinski definition) is 1. The van der Waals surface area contributed by atoms with Crippen molar-refractivity contribution in [1.29, 1.82) is 0 Å². The van der Waals surface area contributed by atoms with Crippen LogP contribution in [0.3, 0.4) is 0 Å². The lowest BCUT2D eigenvalue weighted by molar-refractivity contribution is -0.114. The monoisotopic (exact) mass is 413 g/mol. The third-order valence-electron chi connectivity index (χ3n) is 4.03. The minimum Gasteiger partial charge on any atom is -0.493 e. The zero-order chi connectivity index (χ0) is 21.0. The first-order valence-corrected chi connectivity index (χ1v) is 9.38. The zero-order valence-electron chi connectivity index (χ0n) is 16.3. The van der Waals surface area contributed by atoms with Crippen LogP contribution >= 0.6 is 11.3 Å². The molecule has 0 radical (unpaired) electrons. The van der Waals surface area contributed by atoms with E-state index in [0.29, 0.717) is 33.4 Å². The smallest absolute Gasteiger partial charge is 0.222 e. The Kier molecular flexibility index (Phi) is 6.08. The Morgan fingerprint density at radius 3 is 2.21 bits per heavy atom. The van der Waals surface area contributed by atoms with Crippen LogP contribution in [-0.2, 0) is 4.79 Å². The average Bonchev–Trinajstić information content (AvgIpc) is 3.26. The van der Waals surface area contributed by atoms with Crippen molar-refractivity contribution < 1.29 is 23.8 Å². The van der Waals surface area contributed by atoms with Gasteiger partial charge in [0.2, 0.25) is 11.7 Å². The van der Waals surface area contributed by atoms with Gasteiger partial charge in [-0.1, -0.05) is 0 Å². The van der Waals surface area contributed by atoms with Gasteiger partial charge in [0.1, 0.15) is 10.8 Å². The molecule has 0 spiro atoms.